The molecule has 0 aromatic heterocycles. The van der Waals surface area contributed by atoms with Crippen molar-refractivity contribution in [2.45, 2.75) is 38.3 Å². The van der Waals surface area contributed by atoms with Gasteiger partial charge in [-0.15, -0.1) is 0 Å². The maximum Gasteiger partial charge on any atom is 0.0477 e. The molecule has 1 aliphatic rings. The Balaban J connectivity index is 2.25. The number of alkyl halides is 1. The van der Waals surface area contributed by atoms with Crippen molar-refractivity contribution < 1.29 is 4.74 Å². The predicted molar refractivity (Wildman–Crippen MR) is 59.5 cm³/mol. The number of ether oxygens (including phenoxy) is 1. The lowest BCUT2D eigenvalue weighted by molar-refractivity contribution is 0.138. The number of nitrogens with zero attached hydrogens (tertiary/aromatic N) is 1. The maximum absolute atomic E-state index is 5.10. The Labute approximate surface area is 89.8 Å². The molecule has 0 radical (unpaired) electrons. The van der Waals surface area contributed by atoms with E-state index >= 15 is 0 Å². The first-order valence-corrected chi connectivity index (χ1v) is 6.22. The van der Waals surface area contributed by atoms with Crippen molar-refractivity contribution in [2.75, 3.05) is 25.6 Å². The van der Waals surface area contributed by atoms with Gasteiger partial charge >= 0.3 is 0 Å². The maximum atomic E-state index is 5.10. The van der Waals surface area contributed by atoms with Crippen molar-refractivity contribution in [2.24, 2.45) is 0 Å². The Morgan fingerprint density at radius 1 is 1.54 bits per heavy atom. The molecule has 13 heavy (non-hydrogen) atoms. The highest BCUT2D eigenvalue weighted by Gasteiger charge is 2.31. The molecule has 0 saturated heterocycles. The second-order valence-electron chi connectivity index (χ2n) is 3.79. The Bertz CT molecular complexity index is 139. The Kier molecular flexibility index (Phi) is 5.29. The van der Waals surface area contributed by atoms with Gasteiger partial charge in [0, 0.05) is 37.7 Å². The quantitative estimate of drug-likeness (QED) is 0.643. The molecule has 0 aromatic rings. The molecule has 0 heterocycles. The highest BCUT2D eigenvalue weighted by molar-refractivity contribution is 9.09. The summed E-state index contributed by atoms with van der Waals surface area (Å²) in [5.41, 5.74) is 0. The zero-order valence-corrected chi connectivity index (χ0v) is 10.2. The number of hydrogen-bond acceptors (Lipinski definition) is 2. The first-order chi connectivity index (χ1) is 6.29. The lowest BCUT2D eigenvalue weighted by atomic mass is 10.2. The van der Waals surface area contributed by atoms with Crippen LogP contribution >= 0.6 is 15.9 Å². The molecule has 1 unspecified atom stereocenters. The SMILES string of the molecule is COCCC(C)N(CCBr)C1CC1. The van der Waals surface area contributed by atoms with Crippen LogP contribution in [0.15, 0.2) is 0 Å². The highest BCUT2D eigenvalue weighted by atomic mass is 79.9. The van der Waals surface area contributed by atoms with Crippen molar-refractivity contribution in [3.05, 3.63) is 0 Å². The number of halogens is 1. The third-order valence-corrected chi connectivity index (χ3v) is 3.02. The second-order valence-corrected chi connectivity index (χ2v) is 4.58. The van der Waals surface area contributed by atoms with E-state index in [0.29, 0.717) is 6.04 Å². The Morgan fingerprint density at radius 3 is 2.69 bits per heavy atom. The van der Waals surface area contributed by atoms with Crippen LogP contribution in [0.25, 0.3) is 0 Å². The summed E-state index contributed by atoms with van der Waals surface area (Å²) in [7, 11) is 1.78. The largest absolute Gasteiger partial charge is 0.385 e. The molecule has 0 N–H and O–H groups in total. The van der Waals surface area contributed by atoms with Crippen molar-refractivity contribution in [1.29, 1.82) is 0 Å². The van der Waals surface area contributed by atoms with Gasteiger partial charge in [0.05, 0.1) is 0 Å². The van der Waals surface area contributed by atoms with Crippen molar-refractivity contribution in [1.82, 2.24) is 4.90 Å². The van der Waals surface area contributed by atoms with Crippen LogP contribution in [0.3, 0.4) is 0 Å². The van der Waals surface area contributed by atoms with E-state index in [-0.39, 0.29) is 0 Å². The van der Waals surface area contributed by atoms with Crippen LogP contribution in [0.2, 0.25) is 0 Å². The fraction of sp³-hybridized carbons (Fsp3) is 1.00. The molecule has 1 fully saturated rings. The van der Waals surface area contributed by atoms with Crippen LogP contribution in [-0.2, 0) is 4.74 Å². The third-order valence-electron chi connectivity index (χ3n) is 2.66. The minimum Gasteiger partial charge on any atom is -0.385 e. The standard InChI is InChI=1S/C10H20BrNO/c1-9(5-8-13-2)12(7-6-11)10-3-4-10/h9-10H,3-8H2,1-2H3. The summed E-state index contributed by atoms with van der Waals surface area (Å²) in [6.07, 6.45) is 3.94. The highest BCUT2D eigenvalue weighted by Crippen LogP contribution is 2.29. The molecule has 0 bridgehead atoms. The lowest BCUT2D eigenvalue weighted by Crippen LogP contribution is -2.37. The predicted octanol–water partition coefficient (Wildman–Crippen LogP) is 2.27. The third kappa shape index (κ3) is 3.96. The van der Waals surface area contributed by atoms with Crippen LogP contribution in [0, 0.1) is 0 Å². The average molecular weight is 250 g/mol. The molecule has 1 rings (SSSR count). The first kappa shape index (κ1) is 11.5. The van der Waals surface area contributed by atoms with E-state index in [0.717, 1.165) is 24.4 Å². The van der Waals surface area contributed by atoms with Gasteiger partial charge in [-0.3, -0.25) is 4.90 Å². The van der Waals surface area contributed by atoms with Crippen LogP contribution in [0.4, 0.5) is 0 Å². The van der Waals surface area contributed by atoms with Gasteiger partial charge in [0.25, 0.3) is 0 Å². The van der Waals surface area contributed by atoms with Gasteiger partial charge < -0.3 is 4.74 Å². The molecular formula is C10H20BrNO. The van der Waals surface area contributed by atoms with Gasteiger partial charge in [-0.1, -0.05) is 15.9 Å². The first-order valence-electron chi connectivity index (χ1n) is 5.10. The fourth-order valence-electron chi connectivity index (χ4n) is 1.72. The van der Waals surface area contributed by atoms with E-state index in [1.165, 1.54) is 19.4 Å². The number of methoxy groups -OCH3 is 1. The number of rotatable bonds is 7. The van der Waals surface area contributed by atoms with Gasteiger partial charge in [-0.05, 0) is 26.2 Å². The van der Waals surface area contributed by atoms with Gasteiger partial charge in [0.15, 0.2) is 0 Å². The lowest BCUT2D eigenvalue weighted by Gasteiger charge is -2.28. The summed E-state index contributed by atoms with van der Waals surface area (Å²) in [6, 6.07) is 1.54. The summed E-state index contributed by atoms with van der Waals surface area (Å²) >= 11 is 3.51. The second kappa shape index (κ2) is 5.99. The summed E-state index contributed by atoms with van der Waals surface area (Å²) in [5, 5.41) is 1.08. The van der Waals surface area contributed by atoms with Crippen LogP contribution in [0.1, 0.15) is 26.2 Å². The van der Waals surface area contributed by atoms with Crippen LogP contribution < -0.4 is 0 Å². The van der Waals surface area contributed by atoms with E-state index in [2.05, 4.69) is 27.8 Å². The molecule has 2 nitrogen and oxygen atoms in total. The van der Waals surface area contributed by atoms with E-state index in [1.807, 2.05) is 0 Å². The number of hydrogen-bond donors (Lipinski definition) is 0. The topological polar surface area (TPSA) is 12.5 Å². The fourth-order valence-corrected chi connectivity index (χ4v) is 2.13. The monoisotopic (exact) mass is 249 g/mol. The summed E-state index contributed by atoms with van der Waals surface area (Å²) in [6.45, 7) is 4.36. The molecule has 3 heteroatoms. The van der Waals surface area contributed by atoms with Crippen molar-refractivity contribution in [3.8, 4) is 0 Å². The Hall–Kier alpha value is 0.400. The molecule has 1 aliphatic carbocycles. The van der Waals surface area contributed by atoms with E-state index in [4.69, 9.17) is 4.74 Å². The van der Waals surface area contributed by atoms with Crippen molar-refractivity contribution >= 4 is 15.9 Å². The van der Waals surface area contributed by atoms with Gasteiger partial charge in [-0.2, -0.15) is 0 Å². The van der Waals surface area contributed by atoms with E-state index in [9.17, 15) is 0 Å². The smallest absolute Gasteiger partial charge is 0.0477 e. The van der Waals surface area contributed by atoms with Gasteiger partial charge in [0.2, 0.25) is 0 Å². The summed E-state index contributed by atoms with van der Waals surface area (Å²) in [5.74, 6) is 0. The molecule has 0 aliphatic heterocycles. The summed E-state index contributed by atoms with van der Waals surface area (Å²) in [4.78, 5) is 2.60. The molecule has 0 spiro atoms. The molecule has 78 valence electrons. The minimum absolute atomic E-state index is 0.671. The molecule has 1 saturated carbocycles. The molecule has 0 amide bonds. The molecular weight excluding hydrogens is 230 g/mol. The Morgan fingerprint density at radius 2 is 2.23 bits per heavy atom. The van der Waals surface area contributed by atoms with Crippen LogP contribution in [-0.4, -0.2) is 42.6 Å². The van der Waals surface area contributed by atoms with E-state index in [1.54, 1.807) is 7.11 Å². The summed E-state index contributed by atoms with van der Waals surface area (Å²) < 4.78 is 5.10. The molecule has 0 aromatic carbocycles. The normalized spacial score (nSPS) is 19.4. The van der Waals surface area contributed by atoms with Crippen molar-refractivity contribution in [3.63, 3.8) is 0 Å². The van der Waals surface area contributed by atoms with Gasteiger partial charge in [-0.25, -0.2) is 0 Å². The zero-order chi connectivity index (χ0) is 9.68. The van der Waals surface area contributed by atoms with E-state index < -0.39 is 0 Å². The minimum atomic E-state index is 0.671. The zero-order valence-electron chi connectivity index (χ0n) is 8.63. The van der Waals surface area contributed by atoms with Crippen LogP contribution in [0.5, 0.6) is 0 Å². The van der Waals surface area contributed by atoms with Gasteiger partial charge in [0.1, 0.15) is 0 Å². The average Bonchev–Trinajstić information content (AvgIpc) is 2.93. The molecule has 1 atom stereocenters.